The summed E-state index contributed by atoms with van der Waals surface area (Å²) in [5.74, 6) is 0.293. The molecule has 0 aromatic carbocycles. The van der Waals surface area contributed by atoms with Crippen molar-refractivity contribution in [2.45, 2.75) is 56.7 Å². The van der Waals surface area contributed by atoms with E-state index in [9.17, 15) is 8.42 Å². The Morgan fingerprint density at radius 1 is 1.31 bits per heavy atom. The maximum atomic E-state index is 11.7. The van der Waals surface area contributed by atoms with Crippen molar-refractivity contribution in [1.82, 2.24) is 4.72 Å². The van der Waals surface area contributed by atoms with Gasteiger partial charge in [0, 0.05) is 11.3 Å². The predicted molar refractivity (Wildman–Crippen MR) is 71.4 cm³/mol. The Balaban J connectivity index is 2.30. The molecule has 1 N–H and O–H groups in total. The molecular weight excluding hydrogens is 242 g/mol. The van der Waals surface area contributed by atoms with E-state index >= 15 is 0 Å². The minimum absolute atomic E-state index is 0.184. The van der Waals surface area contributed by atoms with Gasteiger partial charge >= 0.3 is 0 Å². The first-order valence-corrected chi connectivity index (χ1v) is 9.04. The molecule has 3 nitrogen and oxygen atoms in total. The summed E-state index contributed by atoms with van der Waals surface area (Å²) in [5, 5.41) is 0.642. The average molecular weight is 265 g/mol. The quantitative estimate of drug-likeness (QED) is 0.719. The molecule has 16 heavy (non-hydrogen) atoms. The highest BCUT2D eigenvalue weighted by molar-refractivity contribution is 7.99. The Morgan fingerprint density at radius 2 is 2.06 bits per heavy atom. The van der Waals surface area contributed by atoms with E-state index in [-0.39, 0.29) is 6.04 Å². The van der Waals surface area contributed by atoms with Crippen LogP contribution in [-0.2, 0) is 10.0 Å². The highest BCUT2D eigenvalue weighted by Gasteiger charge is 2.27. The second-order valence-electron chi connectivity index (χ2n) is 4.51. The monoisotopic (exact) mass is 265 g/mol. The van der Waals surface area contributed by atoms with Gasteiger partial charge in [-0.3, -0.25) is 0 Å². The first kappa shape index (κ1) is 14.3. The Hall–Kier alpha value is 0.260. The van der Waals surface area contributed by atoms with Crippen LogP contribution in [0.2, 0.25) is 0 Å². The van der Waals surface area contributed by atoms with Crippen molar-refractivity contribution in [3.8, 4) is 0 Å². The van der Waals surface area contributed by atoms with E-state index in [1.165, 1.54) is 0 Å². The van der Waals surface area contributed by atoms with Crippen LogP contribution < -0.4 is 4.72 Å². The van der Waals surface area contributed by atoms with Crippen molar-refractivity contribution < 1.29 is 8.42 Å². The van der Waals surface area contributed by atoms with Gasteiger partial charge in [0.15, 0.2) is 0 Å². The standard InChI is InChI=1S/C11H23NO2S2/c1-3-4-5-8-16(13,14)12-10-6-7-11(9-10)15-2/h10-12H,3-9H2,1-2H3/t10-,11+/m1/s1. The molecule has 1 aliphatic rings. The molecule has 0 aromatic heterocycles. The highest BCUT2D eigenvalue weighted by atomic mass is 32.2. The lowest BCUT2D eigenvalue weighted by Gasteiger charge is -2.13. The zero-order valence-electron chi connectivity index (χ0n) is 10.2. The first-order chi connectivity index (χ1) is 7.57. The highest BCUT2D eigenvalue weighted by Crippen LogP contribution is 2.28. The first-order valence-electron chi connectivity index (χ1n) is 6.10. The van der Waals surface area contributed by atoms with Crippen LogP contribution in [-0.4, -0.2) is 31.7 Å². The lowest BCUT2D eigenvalue weighted by molar-refractivity contribution is 0.549. The van der Waals surface area contributed by atoms with Crippen LogP contribution in [0.3, 0.4) is 0 Å². The summed E-state index contributed by atoms with van der Waals surface area (Å²) in [7, 11) is -3.03. The third-order valence-corrected chi connectivity index (χ3v) is 5.69. The molecule has 0 aromatic rings. The minimum Gasteiger partial charge on any atom is -0.212 e. The summed E-state index contributed by atoms with van der Waals surface area (Å²) < 4.78 is 26.3. The lowest BCUT2D eigenvalue weighted by Crippen LogP contribution is -2.34. The van der Waals surface area contributed by atoms with Crippen LogP contribution in [0.5, 0.6) is 0 Å². The number of hydrogen-bond acceptors (Lipinski definition) is 3. The Labute approximate surface area is 104 Å². The largest absolute Gasteiger partial charge is 0.212 e. The van der Waals surface area contributed by atoms with E-state index in [0.717, 1.165) is 38.5 Å². The number of sulfonamides is 1. The van der Waals surface area contributed by atoms with Crippen molar-refractivity contribution >= 4 is 21.8 Å². The number of rotatable bonds is 7. The van der Waals surface area contributed by atoms with Crippen molar-refractivity contribution in [1.29, 1.82) is 0 Å². The van der Waals surface area contributed by atoms with Crippen molar-refractivity contribution in [2.24, 2.45) is 0 Å². The Bertz CT molecular complexity index is 290. The van der Waals surface area contributed by atoms with Gasteiger partial charge in [-0.25, -0.2) is 13.1 Å². The van der Waals surface area contributed by atoms with E-state index in [2.05, 4.69) is 17.9 Å². The number of unbranched alkanes of at least 4 members (excludes halogenated alkanes) is 2. The molecule has 0 unspecified atom stereocenters. The predicted octanol–water partition coefficient (Wildman–Crippen LogP) is 2.38. The van der Waals surface area contributed by atoms with E-state index in [1.807, 2.05) is 11.8 Å². The van der Waals surface area contributed by atoms with Gasteiger partial charge in [0.1, 0.15) is 0 Å². The molecule has 5 heteroatoms. The van der Waals surface area contributed by atoms with Crippen LogP contribution in [0.4, 0.5) is 0 Å². The summed E-state index contributed by atoms with van der Waals surface area (Å²) in [4.78, 5) is 0. The smallest absolute Gasteiger partial charge is 0.211 e. The Morgan fingerprint density at radius 3 is 2.62 bits per heavy atom. The summed E-state index contributed by atoms with van der Waals surface area (Å²) in [6.07, 6.45) is 8.08. The molecular formula is C11H23NO2S2. The fraction of sp³-hybridized carbons (Fsp3) is 1.00. The van der Waals surface area contributed by atoms with Crippen LogP contribution in [0.15, 0.2) is 0 Å². The fourth-order valence-corrected chi connectivity index (χ4v) is 4.34. The molecule has 1 fully saturated rings. The summed E-state index contributed by atoms with van der Waals surface area (Å²) >= 11 is 1.85. The zero-order valence-corrected chi connectivity index (χ0v) is 11.9. The van der Waals surface area contributed by atoms with Gasteiger partial charge in [0.05, 0.1) is 5.75 Å². The van der Waals surface area contributed by atoms with Gasteiger partial charge in [-0.05, 0) is 31.9 Å². The summed E-state index contributed by atoms with van der Waals surface area (Å²) in [6.45, 7) is 2.08. The molecule has 1 rings (SSSR count). The number of hydrogen-bond donors (Lipinski definition) is 1. The molecule has 96 valence electrons. The molecule has 0 spiro atoms. The average Bonchev–Trinajstić information content (AvgIpc) is 2.65. The molecule has 0 heterocycles. The van der Waals surface area contributed by atoms with E-state index < -0.39 is 10.0 Å². The lowest BCUT2D eigenvalue weighted by atomic mass is 10.3. The third kappa shape index (κ3) is 5.06. The van der Waals surface area contributed by atoms with E-state index in [1.54, 1.807) is 0 Å². The second-order valence-corrected chi connectivity index (χ2v) is 7.52. The molecule has 0 radical (unpaired) electrons. The van der Waals surface area contributed by atoms with Crippen molar-refractivity contribution in [2.75, 3.05) is 12.0 Å². The topological polar surface area (TPSA) is 46.2 Å². The van der Waals surface area contributed by atoms with Crippen molar-refractivity contribution in [3.05, 3.63) is 0 Å². The van der Waals surface area contributed by atoms with Gasteiger partial charge < -0.3 is 0 Å². The van der Waals surface area contributed by atoms with Gasteiger partial charge in [0.25, 0.3) is 0 Å². The van der Waals surface area contributed by atoms with Gasteiger partial charge in [-0.15, -0.1) is 0 Å². The molecule has 0 saturated heterocycles. The van der Waals surface area contributed by atoms with Crippen LogP contribution in [0, 0.1) is 0 Å². The van der Waals surface area contributed by atoms with Gasteiger partial charge in [-0.1, -0.05) is 19.8 Å². The van der Waals surface area contributed by atoms with Crippen LogP contribution in [0.1, 0.15) is 45.4 Å². The van der Waals surface area contributed by atoms with Gasteiger partial charge in [-0.2, -0.15) is 11.8 Å². The zero-order chi connectivity index (χ0) is 12.0. The Kier molecular flexibility index (Phi) is 6.15. The molecule has 2 atom stereocenters. The summed E-state index contributed by atoms with van der Waals surface area (Å²) in [5.41, 5.74) is 0. The molecule has 0 amide bonds. The molecule has 1 saturated carbocycles. The van der Waals surface area contributed by atoms with Crippen LogP contribution >= 0.6 is 11.8 Å². The van der Waals surface area contributed by atoms with E-state index in [0.29, 0.717) is 11.0 Å². The maximum Gasteiger partial charge on any atom is 0.211 e. The summed E-state index contributed by atoms with van der Waals surface area (Å²) in [6, 6.07) is 0.184. The molecule has 1 aliphatic carbocycles. The second kappa shape index (κ2) is 6.87. The SMILES string of the molecule is CCCCCS(=O)(=O)N[C@@H]1CC[C@H](SC)C1. The third-order valence-electron chi connectivity index (χ3n) is 3.08. The normalized spacial score (nSPS) is 26.1. The molecule has 0 aliphatic heterocycles. The number of nitrogens with one attached hydrogen (secondary N) is 1. The van der Waals surface area contributed by atoms with Gasteiger partial charge in [0.2, 0.25) is 10.0 Å². The number of thioether (sulfide) groups is 1. The molecule has 0 bridgehead atoms. The minimum atomic E-state index is -3.03. The van der Waals surface area contributed by atoms with Crippen LogP contribution in [0.25, 0.3) is 0 Å². The van der Waals surface area contributed by atoms with E-state index in [4.69, 9.17) is 0 Å². The fourth-order valence-electron chi connectivity index (χ4n) is 2.12. The maximum absolute atomic E-state index is 11.7. The van der Waals surface area contributed by atoms with Crippen molar-refractivity contribution in [3.63, 3.8) is 0 Å².